The van der Waals surface area contributed by atoms with Crippen LogP contribution < -0.4 is 4.90 Å². The maximum Gasteiger partial charge on any atom is 0.313 e. The van der Waals surface area contributed by atoms with Crippen LogP contribution in [0.5, 0.6) is 0 Å². The number of halogens is 1. The Kier molecular flexibility index (Phi) is 4.60. The second-order valence-corrected chi connectivity index (χ2v) is 6.99. The van der Waals surface area contributed by atoms with Crippen LogP contribution in [-0.2, 0) is 14.3 Å². The van der Waals surface area contributed by atoms with E-state index in [9.17, 15) is 19.2 Å². The number of fused-ring (bicyclic) bond motifs is 1. The number of ether oxygens (including phenoxy) is 1. The number of imide groups is 1. The van der Waals surface area contributed by atoms with E-state index in [1.807, 2.05) is 0 Å². The smallest absolute Gasteiger partial charge is 0.313 e. The van der Waals surface area contributed by atoms with E-state index in [2.05, 4.69) is 0 Å². The standard InChI is InChI=1S/C20H15ClN2O5/c21-13-5-7-14(8-6-13)22-10-12(9-17(22)24)20(27)28-11-23-18(25)15-3-1-2-4-16(15)19(23)26/h1-8,12H,9-11H2/t12-/m0/s1. The molecule has 0 radical (unpaired) electrons. The van der Waals surface area contributed by atoms with Crippen molar-refractivity contribution in [2.75, 3.05) is 18.2 Å². The molecule has 0 unspecified atom stereocenters. The zero-order chi connectivity index (χ0) is 19.8. The molecule has 2 heterocycles. The molecule has 0 aliphatic carbocycles. The van der Waals surface area contributed by atoms with Gasteiger partial charge in [0.15, 0.2) is 6.73 Å². The number of carbonyl (C=O) groups is 4. The van der Waals surface area contributed by atoms with Gasteiger partial charge in [0.25, 0.3) is 11.8 Å². The van der Waals surface area contributed by atoms with Gasteiger partial charge < -0.3 is 9.64 Å². The summed E-state index contributed by atoms with van der Waals surface area (Å²) < 4.78 is 5.18. The first kappa shape index (κ1) is 18.2. The Bertz CT molecular complexity index is 953. The topological polar surface area (TPSA) is 84.0 Å². The predicted octanol–water partition coefficient (Wildman–Crippen LogP) is 2.49. The van der Waals surface area contributed by atoms with Gasteiger partial charge in [-0.1, -0.05) is 23.7 Å². The third-order valence-corrected chi connectivity index (χ3v) is 5.06. The van der Waals surface area contributed by atoms with Gasteiger partial charge in [-0.05, 0) is 36.4 Å². The van der Waals surface area contributed by atoms with E-state index in [0.29, 0.717) is 10.7 Å². The number of carbonyl (C=O) groups excluding carboxylic acids is 4. The molecular weight excluding hydrogens is 384 g/mol. The minimum absolute atomic E-state index is 0.00355. The lowest BCUT2D eigenvalue weighted by Gasteiger charge is -2.17. The van der Waals surface area contributed by atoms with Crippen LogP contribution in [0.25, 0.3) is 0 Å². The quantitative estimate of drug-likeness (QED) is 0.583. The summed E-state index contributed by atoms with van der Waals surface area (Å²) in [6, 6.07) is 13.2. The van der Waals surface area contributed by atoms with Crippen LogP contribution in [0, 0.1) is 5.92 Å². The van der Waals surface area contributed by atoms with Crippen LogP contribution >= 0.6 is 11.6 Å². The number of esters is 1. The van der Waals surface area contributed by atoms with Crippen molar-refractivity contribution in [3.63, 3.8) is 0 Å². The van der Waals surface area contributed by atoms with Gasteiger partial charge in [0.1, 0.15) is 0 Å². The summed E-state index contributed by atoms with van der Waals surface area (Å²) in [5, 5.41) is 0.548. The van der Waals surface area contributed by atoms with E-state index < -0.39 is 30.4 Å². The van der Waals surface area contributed by atoms with E-state index in [0.717, 1.165) is 4.90 Å². The molecule has 1 atom stereocenters. The third-order valence-electron chi connectivity index (χ3n) is 4.81. The summed E-state index contributed by atoms with van der Waals surface area (Å²) in [5.74, 6) is -2.50. The maximum atomic E-state index is 12.4. The molecule has 8 heteroatoms. The molecule has 1 saturated heterocycles. The first-order chi connectivity index (χ1) is 13.5. The Morgan fingerprint density at radius 3 is 2.21 bits per heavy atom. The van der Waals surface area contributed by atoms with Crippen molar-refractivity contribution in [2.45, 2.75) is 6.42 Å². The fraction of sp³-hybridized carbons (Fsp3) is 0.200. The maximum absolute atomic E-state index is 12.4. The molecule has 0 aromatic heterocycles. The molecular formula is C20H15ClN2O5. The van der Waals surface area contributed by atoms with E-state index in [1.165, 1.54) is 4.90 Å². The summed E-state index contributed by atoms with van der Waals surface area (Å²) in [7, 11) is 0. The molecule has 28 heavy (non-hydrogen) atoms. The highest BCUT2D eigenvalue weighted by Crippen LogP contribution is 2.27. The molecule has 0 saturated carbocycles. The fourth-order valence-corrected chi connectivity index (χ4v) is 3.46. The van der Waals surface area contributed by atoms with Crippen LogP contribution in [0.15, 0.2) is 48.5 Å². The first-order valence-electron chi connectivity index (χ1n) is 8.63. The van der Waals surface area contributed by atoms with Crippen molar-refractivity contribution in [1.82, 2.24) is 4.90 Å². The molecule has 2 aliphatic rings. The summed E-state index contributed by atoms with van der Waals surface area (Å²) in [5.41, 5.74) is 1.21. The van der Waals surface area contributed by atoms with Gasteiger partial charge >= 0.3 is 5.97 Å². The van der Waals surface area contributed by atoms with Crippen LogP contribution in [0.3, 0.4) is 0 Å². The first-order valence-corrected chi connectivity index (χ1v) is 9.01. The normalized spacial score (nSPS) is 18.6. The van der Waals surface area contributed by atoms with Gasteiger partial charge in [0.05, 0.1) is 17.0 Å². The number of benzene rings is 2. The summed E-state index contributed by atoms with van der Waals surface area (Å²) >= 11 is 5.86. The SMILES string of the molecule is O=C(OCN1C(=O)c2ccccc2C1=O)[C@H]1CC(=O)N(c2ccc(Cl)cc2)C1. The Morgan fingerprint density at radius 2 is 1.61 bits per heavy atom. The average molecular weight is 399 g/mol. The molecule has 2 aromatic carbocycles. The molecule has 142 valence electrons. The molecule has 7 nitrogen and oxygen atoms in total. The van der Waals surface area contributed by atoms with E-state index in [-0.39, 0.29) is 30.0 Å². The van der Waals surface area contributed by atoms with Gasteiger partial charge in [-0.2, -0.15) is 0 Å². The van der Waals surface area contributed by atoms with Crippen molar-refractivity contribution in [2.24, 2.45) is 5.92 Å². The Hall–Kier alpha value is -3.19. The van der Waals surface area contributed by atoms with Gasteiger partial charge in [-0.3, -0.25) is 19.2 Å². The number of rotatable bonds is 4. The summed E-state index contributed by atoms with van der Waals surface area (Å²) in [6.07, 6.45) is 0.00355. The number of amides is 3. The Balaban J connectivity index is 1.39. The lowest BCUT2D eigenvalue weighted by Crippen LogP contribution is -2.35. The molecule has 0 bridgehead atoms. The summed E-state index contributed by atoms with van der Waals surface area (Å²) in [4.78, 5) is 51.6. The largest absolute Gasteiger partial charge is 0.443 e. The van der Waals surface area contributed by atoms with Crippen molar-refractivity contribution in [3.8, 4) is 0 Å². The highest BCUT2D eigenvalue weighted by Gasteiger charge is 2.39. The number of anilines is 1. The van der Waals surface area contributed by atoms with Gasteiger partial charge in [-0.25, -0.2) is 4.90 Å². The third kappa shape index (κ3) is 3.14. The lowest BCUT2D eigenvalue weighted by molar-refractivity contribution is -0.151. The van der Waals surface area contributed by atoms with Gasteiger partial charge in [0, 0.05) is 23.7 Å². The highest BCUT2D eigenvalue weighted by molar-refractivity contribution is 6.30. The zero-order valence-corrected chi connectivity index (χ0v) is 15.4. The average Bonchev–Trinajstić information content (AvgIpc) is 3.20. The van der Waals surface area contributed by atoms with E-state index in [4.69, 9.17) is 16.3 Å². The van der Waals surface area contributed by atoms with Crippen molar-refractivity contribution < 1.29 is 23.9 Å². The number of hydrogen-bond acceptors (Lipinski definition) is 5. The Labute approximate surface area is 165 Å². The van der Waals surface area contributed by atoms with E-state index in [1.54, 1.807) is 48.5 Å². The van der Waals surface area contributed by atoms with Crippen molar-refractivity contribution in [1.29, 1.82) is 0 Å². The minimum atomic E-state index is -0.668. The minimum Gasteiger partial charge on any atom is -0.443 e. The molecule has 0 spiro atoms. The molecule has 2 aromatic rings. The van der Waals surface area contributed by atoms with Crippen molar-refractivity contribution >= 4 is 41.0 Å². The van der Waals surface area contributed by atoms with Gasteiger partial charge in [-0.15, -0.1) is 0 Å². The van der Waals surface area contributed by atoms with Crippen LogP contribution in [0.2, 0.25) is 5.02 Å². The zero-order valence-electron chi connectivity index (χ0n) is 14.6. The molecule has 2 aliphatic heterocycles. The number of nitrogens with zero attached hydrogens (tertiary/aromatic N) is 2. The fourth-order valence-electron chi connectivity index (χ4n) is 3.34. The summed E-state index contributed by atoms with van der Waals surface area (Å²) in [6.45, 7) is -0.307. The second kappa shape index (κ2) is 7.09. The van der Waals surface area contributed by atoms with Crippen LogP contribution in [-0.4, -0.2) is 41.9 Å². The van der Waals surface area contributed by atoms with Crippen molar-refractivity contribution in [3.05, 3.63) is 64.7 Å². The predicted molar refractivity (Wildman–Crippen MR) is 99.8 cm³/mol. The monoisotopic (exact) mass is 398 g/mol. The van der Waals surface area contributed by atoms with Gasteiger partial charge in [0.2, 0.25) is 5.91 Å². The molecule has 1 fully saturated rings. The molecule has 0 N–H and O–H groups in total. The highest BCUT2D eigenvalue weighted by atomic mass is 35.5. The number of hydrogen-bond donors (Lipinski definition) is 0. The lowest BCUT2D eigenvalue weighted by atomic mass is 10.1. The van der Waals surface area contributed by atoms with E-state index >= 15 is 0 Å². The molecule has 4 rings (SSSR count). The Morgan fingerprint density at radius 1 is 1.00 bits per heavy atom. The van der Waals surface area contributed by atoms with Crippen LogP contribution in [0.1, 0.15) is 27.1 Å². The molecule has 3 amide bonds. The second-order valence-electron chi connectivity index (χ2n) is 6.56. The van der Waals surface area contributed by atoms with Crippen LogP contribution in [0.4, 0.5) is 5.69 Å².